The normalized spacial score (nSPS) is 12.7. The fraction of sp³-hybridized carbons (Fsp3) is 0.111. The maximum atomic E-state index is 13.0. The summed E-state index contributed by atoms with van der Waals surface area (Å²) < 4.78 is 50.6. The second kappa shape index (κ2) is 8.35. The Hall–Kier alpha value is -3.36. The molecule has 0 atom stereocenters. The summed E-state index contributed by atoms with van der Waals surface area (Å²) in [6, 6.07) is 8.36. The molecule has 27 heavy (non-hydrogen) atoms. The van der Waals surface area contributed by atoms with Crippen LogP contribution in [0.2, 0.25) is 0 Å². The molecular formula is C18H16F4N4O. The van der Waals surface area contributed by atoms with Crippen LogP contribution < -0.4 is 16.8 Å². The molecular weight excluding hydrogens is 364 g/mol. The molecule has 1 amide bonds. The highest BCUT2D eigenvalue weighted by Crippen LogP contribution is 2.29. The van der Waals surface area contributed by atoms with E-state index in [1.807, 2.05) is 0 Å². The minimum atomic E-state index is -4.43. The van der Waals surface area contributed by atoms with E-state index in [1.54, 1.807) is 0 Å². The van der Waals surface area contributed by atoms with Gasteiger partial charge in [-0.3, -0.25) is 4.79 Å². The molecule has 0 spiro atoms. The van der Waals surface area contributed by atoms with Crippen molar-refractivity contribution in [2.75, 3.05) is 0 Å². The summed E-state index contributed by atoms with van der Waals surface area (Å²) in [5, 5.41) is 2.37. The number of nitrogens with one attached hydrogen (secondary N) is 1. The summed E-state index contributed by atoms with van der Waals surface area (Å²) in [5.74, 6) is -1.24. The zero-order valence-corrected chi connectivity index (χ0v) is 13.9. The van der Waals surface area contributed by atoms with E-state index in [4.69, 9.17) is 11.5 Å². The van der Waals surface area contributed by atoms with Crippen LogP contribution in [-0.4, -0.2) is 10.9 Å². The van der Waals surface area contributed by atoms with Crippen LogP contribution in [-0.2, 0) is 17.4 Å². The molecule has 2 rings (SSSR count). The Morgan fingerprint density at radius 1 is 1.07 bits per heavy atom. The quantitative estimate of drug-likeness (QED) is 0.422. The first-order chi connectivity index (χ1) is 12.6. The molecule has 0 bridgehead atoms. The smallest absolute Gasteiger partial charge is 0.398 e. The maximum absolute atomic E-state index is 13.0. The predicted molar refractivity (Wildman–Crippen MR) is 91.9 cm³/mol. The number of amides is 1. The van der Waals surface area contributed by atoms with Gasteiger partial charge in [0.25, 0.3) is 0 Å². The van der Waals surface area contributed by atoms with E-state index < -0.39 is 23.6 Å². The number of hydrogen-bond donors (Lipinski definition) is 3. The summed E-state index contributed by atoms with van der Waals surface area (Å²) in [5.41, 5.74) is 11.4. The van der Waals surface area contributed by atoms with Crippen molar-refractivity contribution in [3.05, 3.63) is 83.2 Å². The summed E-state index contributed by atoms with van der Waals surface area (Å²) in [4.78, 5) is 15.4. The van der Waals surface area contributed by atoms with E-state index in [0.29, 0.717) is 5.56 Å². The number of allylic oxidation sites excluding steroid dienone is 2. The molecule has 0 fully saturated rings. The highest BCUT2D eigenvalue weighted by Gasteiger charge is 2.29. The molecule has 0 saturated carbocycles. The first-order valence-electron chi connectivity index (χ1n) is 7.67. The average Bonchev–Trinajstić information content (AvgIpc) is 2.59. The zero-order valence-electron chi connectivity index (χ0n) is 13.9. The molecule has 142 valence electrons. The van der Waals surface area contributed by atoms with Crippen molar-refractivity contribution in [3.8, 4) is 0 Å². The third-order valence-corrected chi connectivity index (χ3v) is 3.39. The van der Waals surface area contributed by atoms with Crippen LogP contribution in [0.15, 0.2) is 60.4 Å². The van der Waals surface area contributed by atoms with Gasteiger partial charge in [0.15, 0.2) is 0 Å². The lowest BCUT2D eigenvalue weighted by Crippen LogP contribution is -2.29. The van der Waals surface area contributed by atoms with E-state index >= 15 is 0 Å². The third-order valence-electron chi connectivity index (χ3n) is 3.39. The second-order valence-corrected chi connectivity index (χ2v) is 5.50. The van der Waals surface area contributed by atoms with E-state index in [1.165, 1.54) is 36.4 Å². The largest absolute Gasteiger partial charge is 0.416 e. The fourth-order valence-electron chi connectivity index (χ4n) is 2.09. The van der Waals surface area contributed by atoms with Gasteiger partial charge in [0.1, 0.15) is 5.82 Å². The van der Waals surface area contributed by atoms with E-state index in [0.717, 1.165) is 18.2 Å². The Morgan fingerprint density at radius 3 is 2.33 bits per heavy atom. The Labute approximate surface area is 152 Å². The molecule has 5 N–H and O–H groups in total. The topological polar surface area (TPSA) is 94.0 Å². The molecule has 0 saturated heterocycles. The van der Waals surface area contributed by atoms with Gasteiger partial charge in [0.05, 0.1) is 17.7 Å². The van der Waals surface area contributed by atoms with Gasteiger partial charge in [-0.25, -0.2) is 4.98 Å². The number of halogens is 4. The number of alkyl halides is 3. The lowest BCUT2D eigenvalue weighted by molar-refractivity contribution is -0.137. The Kier molecular flexibility index (Phi) is 6.17. The van der Waals surface area contributed by atoms with Crippen molar-refractivity contribution >= 4 is 11.6 Å². The minimum absolute atomic E-state index is 0.0359. The molecule has 5 nitrogen and oxygen atoms in total. The van der Waals surface area contributed by atoms with Gasteiger partial charge in [0.2, 0.25) is 11.9 Å². The average molecular weight is 380 g/mol. The molecule has 2 aromatic rings. The number of rotatable bonds is 5. The molecule has 1 heterocycles. The summed E-state index contributed by atoms with van der Waals surface area (Å²) >= 11 is 0. The van der Waals surface area contributed by atoms with Crippen LogP contribution in [0, 0.1) is 5.95 Å². The summed E-state index contributed by atoms with van der Waals surface area (Å²) in [6.45, 7) is 0. The predicted octanol–water partition coefficient (Wildman–Crippen LogP) is 2.70. The molecule has 1 aromatic carbocycles. The number of hydrogen-bond acceptors (Lipinski definition) is 4. The van der Waals surface area contributed by atoms with Crippen molar-refractivity contribution < 1.29 is 22.4 Å². The number of pyridine rings is 1. The van der Waals surface area contributed by atoms with Crippen molar-refractivity contribution in [1.29, 1.82) is 0 Å². The Morgan fingerprint density at radius 2 is 1.74 bits per heavy atom. The number of carbonyl (C=O) groups excluding carboxylic acids is 1. The number of nitrogens with zero attached hydrogens (tertiary/aromatic N) is 1. The van der Waals surface area contributed by atoms with Crippen LogP contribution in [0.3, 0.4) is 0 Å². The van der Waals surface area contributed by atoms with Gasteiger partial charge < -0.3 is 16.8 Å². The fourth-order valence-corrected chi connectivity index (χ4v) is 2.09. The number of carbonyl (C=O) groups is 1. The zero-order chi connectivity index (χ0) is 20.0. The molecule has 1 aromatic heterocycles. The summed E-state index contributed by atoms with van der Waals surface area (Å²) in [7, 11) is 0. The lowest BCUT2D eigenvalue weighted by Gasteiger charge is -2.08. The SMILES string of the molecule is N/C(=C\C=C(/N)NC(=O)Cc1cccc(F)n1)c1ccc(C(F)(F)F)cc1. The molecule has 9 heteroatoms. The second-order valence-electron chi connectivity index (χ2n) is 5.50. The maximum Gasteiger partial charge on any atom is 0.416 e. The van der Waals surface area contributed by atoms with Gasteiger partial charge in [-0.1, -0.05) is 18.2 Å². The van der Waals surface area contributed by atoms with Crippen molar-refractivity contribution in [1.82, 2.24) is 10.3 Å². The standard InChI is InChI=1S/C18H16F4N4O/c19-15-3-1-2-13(25-15)10-17(27)26-16(24)9-8-14(23)11-4-6-12(7-5-11)18(20,21)22/h1-9H,10,23-24H2,(H,26,27)/b14-8-,16-9+. The van der Waals surface area contributed by atoms with Crippen LogP contribution in [0.25, 0.3) is 5.70 Å². The van der Waals surface area contributed by atoms with Gasteiger partial charge in [-0.2, -0.15) is 17.6 Å². The van der Waals surface area contributed by atoms with Crippen molar-refractivity contribution in [2.24, 2.45) is 11.5 Å². The molecule has 0 radical (unpaired) electrons. The minimum Gasteiger partial charge on any atom is -0.398 e. The van der Waals surface area contributed by atoms with Crippen LogP contribution in [0.5, 0.6) is 0 Å². The molecule has 0 unspecified atom stereocenters. The Bertz CT molecular complexity index is 874. The van der Waals surface area contributed by atoms with Crippen LogP contribution in [0.4, 0.5) is 17.6 Å². The molecule has 0 aliphatic rings. The van der Waals surface area contributed by atoms with E-state index in [-0.39, 0.29) is 23.6 Å². The first kappa shape index (κ1) is 20.0. The Balaban J connectivity index is 1.99. The monoisotopic (exact) mass is 380 g/mol. The highest BCUT2D eigenvalue weighted by atomic mass is 19.4. The van der Waals surface area contributed by atoms with Crippen LogP contribution in [0.1, 0.15) is 16.8 Å². The number of aromatic nitrogens is 1. The third kappa shape index (κ3) is 6.14. The highest BCUT2D eigenvalue weighted by molar-refractivity contribution is 5.79. The lowest BCUT2D eigenvalue weighted by atomic mass is 10.1. The van der Waals surface area contributed by atoms with Crippen LogP contribution >= 0.6 is 0 Å². The van der Waals surface area contributed by atoms with Crippen molar-refractivity contribution in [2.45, 2.75) is 12.6 Å². The molecule has 0 aliphatic heterocycles. The first-order valence-corrected chi connectivity index (χ1v) is 7.67. The van der Waals surface area contributed by atoms with Crippen molar-refractivity contribution in [3.63, 3.8) is 0 Å². The summed E-state index contributed by atoms with van der Waals surface area (Å²) in [6.07, 6.45) is -1.96. The van der Waals surface area contributed by atoms with Gasteiger partial charge >= 0.3 is 6.18 Å². The number of benzene rings is 1. The molecule has 0 aliphatic carbocycles. The van der Waals surface area contributed by atoms with E-state index in [9.17, 15) is 22.4 Å². The van der Waals surface area contributed by atoms with E-state index in [2.05, 4.69) is 10.3 Å². The van der Waals surface area contributed by atoms with Gasteiger partial charge in [0, 0.05) is 5.70 Å². The van der Waals surface area contributed by atoms with Gasteiger partial charge in [-0.15, -0.1) is 0 Å². The van der Waals surface area contributed by atoms with Gasteiger partial charge in [-0.05, 0) is 42.0 Å². The number of nitrogens with two attached hydrogens (primary N) is 2.